The summed E-state index contributed by atoms with van der Waals surface area (Å²) in [5.74, 6) is 1.88. The lowest BCUT2D eigenvalue weighted by atomic mass is 9.97. The minimum atomic E-state index is 0.251. The van der Waals surface area contributed by atoms with Crippen molar-refractivity contribution in [3.05, 3.63) is 35.3 Å². The predicted octanol–water partition coefficient (Wildman–Crippen LogP) is 1.92. The van der Waals surface area contributed by atoms with E-state index in [9.17, 15) is 4.79 Å². The quantitative estimate of drug-likeness (QED) is 0.495. The highest BCUT2D eigenvalue weighted by molar-refractivity contribution is 5.72. The van der Waals surface area contributed by atoms with Crippen LogP contribution in [0.25, 0.3) is 0 Å². The van der Waals surface area contributed by atoms with Crippen molar-refractivity contribution in [2.45, 2.75) is 13.3 Å². The van der Waals surface area contributed by atoms with Gasteiger partial charge < -0.3 is 9.47 Å². The Morgan fingerprint density at radius 2 is 2.29 bits per heavy atom. The van der Waals surface area contributed by atoms with Crippen molar-refractivity contribution in [2.24, 2.45) is 5.92 Å². The molecule has 0 spiro atoms. The first-order chi connectivity index (χ1) is 6.79. The number of fused-ring (bicyclic) bond motifs is 1. The summed E-state index contributed by atoms with van der Waals surface area (Å²) >= 11 is 0. The summed E-state index contributed by atoms with van der Waals surface area (Å²) in [5, 5.41) is 0. The van der Waals surface area contributed by atoms with Gasteiger partial charge in [-0.3, -0.25) is 4.79 Å². The van der Waals surface area contributed by atoms with Gasteiger partial charge in [-0.25, -0.2) is 0 Å². The van der Waals surface area contributed by atoms with Crippen molar-refractivity contribution in [1.29, 1.82) is 0 Å². The van der Waals surface area contributed by atoms with Crippen LogP contribution in [-0.4, -0.2) is 13.1 Å². The van der Waals surface area contributed by atoms with Crippen molar-refractivity contribution in [2.75, 3.05) is 6.79 Å². The average molecular weight is 192 g/mol. The number of carbonyl (C=O) groups is 1. The molecule has 1 heterocycles. The molecule has 3 heteroatoms. The second-order valence-electron chi connectivity index (χ2n) is 3.43. The molecule has 0 saturated carbocycles. The average Bonchev–Trinajstić information content (AvgIpc) is 2.64. The molecule has 2 aliphatic rings. The SMILES string of the molecule is CC(C=O)=CC1C=C2OCOC2=CC1. The minimum Gasteiger partial charge on any atom is -0.454 e. The second kappa shape index (κ2) is 3.70. The zero-order chi connectivity index (χ0) is 9.97. The van der Waals surface area contributed by atoms with Crippen LogP contribution in [0, 0.1) is 5.92 Å². The van der Waals surface area contributed by atoms with Crippen LogP contribution in [0.2, 0.25) is 0 Å². The third-order valence-electron chi connectivity index (χ3n) is 2.28. The molecule has 1 aliphatic carbocycles. The molecule has 1 fully saturated rings. The molecule has 14 heavy (non-hydrogen) atoms. The van der Waals surface area contributed by atoms with Crippen LogP contribution < -0.4 is 0 Å². The largest absolute Gasteiger partial charge is 0.454 e. The van der Waals surface area contributed by atoms with Crippen LogP contribution >= 0.6 is 0 Å². The van der Waals surface area contributed by atoms with Crippen LogP contribution in [0.3, 0.4) is 0 Å². The van der Waals surface area contributed by atoms with Gasteiger partial charge in [0.05, 0.1) is 0 Å². The second-order valence-corrected chi connectivity index (χ2v) is 3.43. The fourth-order valence-electron chi connectivity index (χ4n) is 1.59. The predicted molar refractivity (Wildman–Crippen MR) is 51.1 cm³/mol. The lowest BCUT2D eigenvalue weighted by Crippen LogP contribution is -2.01. The van der Waals surface area contributed by atoms with E-state index >= 15 is 0 Å². The van der Waals surface area contributed by atoms with E-state index in [0.29, 0.717) is 6.79 Å². The van der Waals surface area contributed by atoms with Crippen molar-refractivity contribution in [1.82, 2.24) is 0 Å². The Morgan fingerprint density at radius 1 is 1.50 bits per heavy atom. The molecule has 0 amide bonds. The van der Waals surface area contributed by atoms with Gasteiger partial charge in [-0.15, -0.1) is 0 Å². The monoisotopic (exact) mass is 192 g/mol. The van der Waals surface area contributed by atoms with Gasteiger partial charge in [-0.05, 0) is 31.1 Å². The van der Waals surface area contributed by atoms with E-state index in [-0.39, 0.29) is 5.92 Å². The highest BCUT2D eigenvalue weighted by Crippen LogP contribution is 2.29. The van der Waals surface area contributed by atoms with Crippen LogP contribution in [0.5, 0.6) is 0 Å². The van der Waals surface area contributed by atoms with E-state index in [1.807, 2.05) is 18.2 Å². The van der Waals surface area contributed by atoms with Gasteiger partial charge in [-0.2, -0.15) is 0 Å². The van der Waals surface area contributed by atoms with E-state index in [4.69, 9.17) is 9.47 Å². The smallest absolute Gasteiger partial charge is 0.231 e. The zero-order valence-corrected chi connectivity index (χ0v) is 8.03. The first-order valence-electron chi connectivity index (χ1n) is 4.61. The maximum atomic E-state index is 10.4. The van der Waals surface area contributed by atoms with Gasteiger partial charge in [0.25, 0.3) is 0 Å². The van der Waals surface area contributed by atoms with Crippen LogP contribution in [0.4, 0.5) is 0 Å². The molecule has 1 unspecified atom stereocenters. The molecule has 1 saturated heterocycles. The first kappa shape index (κ1) is 9.06. The zero-order valence-electron chi connectivity index (χ0n) is 8.03. The summed E-state index contributed by atoms with van der Waals surface area (Å²) in [5.41, 5.74) is 0.752. The van der Waals surface area contributed by atoms with Gasteiger partial charge in [0.2, 0.25) is 6.79 Å². The highest BCUT2D eigenvalue weighted by Gasteiger charge is 2.21. The minimum absolute atomic E-state index is 0.251. The maximum Gasteiger partial charge on any atom is 0.231 e. The molecule has 0 bridgehead atoms. The number of hydrogen-bond acceptors (Lipinski definition) is 3. The van der Waals surface area contributed by atoms with Gasteiger partial charge in [0, 0.05) is 5.92 Å². The van der Waals surface area contributed by atoms with Crippen molar-refractivity contribution in [3.8, 4) is 0 Å². The number of ether oxygens (including phenoxy) is 2. The molecule has 2 rings (SSSR count). The number of aldehydes is 1. The summed E-state index contributed by atoms with van der Waals surface area (Å²) in [6, 6.07) is 0. The molecule has 0 radical (unpaired) electrons. The van der Waals surface area contributed by atoms with Crippen molar-refractivity contribution >= 4 is 6.29 Å². The standard InChI is InChI=1S/C11H12O3/c1-8(6-12)4-9-2-3-10-11(5-9)14-7-13-10/h3-6,9H,2,7H2,1H3. The summed E-state index contributed by atoms with van der Waals surface area (Å²) < 4.78 is 10.5. The summed E-state index contributed by atoms with van der Waals surface area (Å²) in [6.07, 6.45) is 7.67. The normalized spacial score (nSPS) is 25.5. The Labute approximate surface area is 82.7 Å². The van der Waals surface area contributed by atoms with Gasteiger partial charge >= 0.3 is 0 Å². The number of rotatable bonds is 2. The number of carbonyl (C=O) groups excluding carboxylic acids is 1. The molecule has 0 N–H and O–H groups in total. The molecule has 0 aromatic carbocycles. The topological polar surface area (TPSA) is 35.5 Å². The molecule has 1 atom stereocenters. The molecule has 0 aromatic rings. The molecule has 1 aliphatic heterocycles. The van der Waals surface area contributed by atoms with E-state index in [0.717, 1.165) is 29.8 Å². The van der Waals surface area contributed by atoms with Crippen molar-refractivity contribution in [3.63, 3.8) is 0 Å². The van der Waals surface area contributed by atoms with Gasteiger partial charge in [0.1, 0.15) is 6.29 Å². The molecular weight excluding hydrogens is 180 g/mol. The van der Waals surface area contributed by atoms with Gasteiger partial charge in [-0.1, -0.05) is 6.08 Å². The van der Waals surface area contributed by atoms with E-state index in [1.165, 1.54) is 0 Å². The highest BCUT2D eigenvalue weighted by atomic mass is 16.7. The van der Waals surface area contributed by atoms with Crippen molar-refractivity contribution < 1.29 is 14.3 Å². The number of allylic oxidation sites excluding steroid dienone is 4. The molecule has 0 aromatic heterocycles. The Kier molecular flexibility index (Phi) is 2.39. The Bertz CT molecular complexity index is 336. The Balaban J connectivity index is 2.13. The van der Waals surface area contributed by atoms with Crippen LogP contribution in [0.1, 0.15) is 13.3 Å². The molecule has 74 valence electrons. The van der Waals surface area contributed by atoms with Crippen LogP contribution in [-0.2, 0) is 14.3 Å². The molecule has 3 nitrogen and oxygen atoms in total. The third-order valence-corrected chi connectivity index (χ3v) is 2.28. The Morgan fingerprint density at radius 3 is 3.07 bits per heavy atom. The lowest BCUT2D eigenvalue weighted by Gasteiger charge is -2.11. The lowest BCUT2D eigenvalue weighted by molar-refractivity contribution is -0.104. The van der Waals surface area contributed by atoms with E-state index < -0.39 is 0 Å². The van der Waals surface area contributed by atoms with E-state index in [1.54, 1.807) is 6.92 Å². The maximum absolute atomic E-state index is 10.4. The first-order valence-corrected chi connectivity index (χ1v) is 4.61. The summed E-state index contributed by atoms with van der Waals surface area (Å²) in [6.45, 7) is 2.11. The Hall–Kier alpha value is -1.51. The third kappa shape index (κ3) is 1.71. The summed E-state index contributed by atoms with van der Waals surface area (Å²) in [4.78, 5) is 10.4. The fourth-order valence-corrected chi connectivity index (χ4v) is 1.59. The van der Waals surface area contributed by atoms with Crippen LogP contribution in [0.15, 0.2) is 35.3 Å². The van der Waals surface area contributed by atoms with E-state index in [2.05, 4.69) is 0 Å². The molecular formula is C11H12O3. The number of hydrogen-bond donors (Lipinski definition) is 0. The fraction of sp³-hybridized carbons (Fsp3) is 0.364. The van der Waals surface area contributed by atoms with Gasteiger partial charge in [0.15, 0.2) is 11.5 Å². The summed E-state index contributed by atoms with van der Waals surface area (Å²) in [7, 11) is 0.